The van der Waals surface area contributed by atoms with E-state index in [-0.39, 0.29) is 6.10 Å². The smallest absolute Gasteiger partial charge is 0.428 e. The summed E-state index contributed by atoms with van der Waals surface area (Å²) in [4.78, 5) is 9.89. The van der Waals surface area contributed by atoms with Gasteiger partial charge in [0.25, 0.3) is 0 Å². The van der Waals surface area contributed by atoms with Gasteiger partial charge in [-0.05, 0) is 0 Å². The standard InChI is InChI=1S/C6H9O4/c7-6(8)10-5-1-3-9-4-2-5/h5H,1-4H2. The minimum absolute atomic E-state index is 0.209. The Bertz CT molecular complexity index is 117. The van der Waals surface area contributed by atoms with Gasteiger partial charge >= 0.3 is 6.16 Å². The summed E-state index contributed by atoms with van der Waals surface area (Å²) in [7, 11) is 0. The fourth-order valence-corrected chi connectivity index (χ4v) is 0.930. The number of ether oxygens (including phenoxy) is 2. The van der Waals surface area contributed by atoms with Crippen molar-refractivity contribution in [2.24, 2.45) is 0 Å². The number of carbonyl (C=O) groups excluding carboxylic acids is 1. The molecule has 0 aromatic rings. The molecule has 1 saturated heterocycles. The van der Waals surface area contributed by atoms with Crippen LogP contribution in [0.2, 0.25) is 0 Å². The summed E-state index contributed by atoms with van der Waals surface area (Å²) in [5.41, 5.74) is 0. The van der Waals surface area contributed by atoms with Gasteiger partial charge in [-0.15, -0.1) is 0 Å². The molecule has 0 amide bonds. The van der Waals surface area contributed by atoms with Crippen molar-refractivity contribution < 1.29 is 19.4 Å². The highest BCUT2D eigenvalue weighted by molar-refractivity contribution is 5.56. The van der Waals surface area contributed by atoms with Gasteiger partial charge in [-0.2, -0.15) is 9.90 Å². The minimum Gasteiger partial charge on any atom is -0.428 e. The molecule has 0 N–H and O–H groups in total. The van der Waals surface area contributed by atoms with Crippen molar-refractivity contribution >= 4 is 6.16 Å². The Kier molecular flexibility index (Phi) is 2.50. The summed E-state index contributed by atoms with van der Waals surface area (Å²) in [6.45, 7) is 1.16. The predicted molar refractivity (Wildman–Crippen MR) is 31.0 cm³/mol. The summed E-state index contributed by atoms with van der Waals surface area (Å²) in [6.07, 6.45) is -0.354. The van der Waals surface area contributed by atoms with Crippen molar-refractivity contribution in [2.45, 2.75) is 18.9 Å². The Labute approximate surface area is 58.7 Å². The van der Waals surface area contributed by atoms with Crippen molar-refractivity contribution in [3.05, 3.63) is 0 Å². The van der Waals surface area contributed by atoms with Crippen LogP contribution in [0, 0.1) is 0 Å². The van der Waals surface area contributed by atoms with Gasteiger partial charge in [-0.3, -0.25) is 0 Å². The lowest BCUT2D eigenvalue weighted by atomic mass is 10.2. The molecule has 1 aliphatic heterocycles. The van der Waals surface area contributed by atoms with Crippen molar-refractivity contribution in [2.75, 3.05) is 13.2 Å². The van der Waals surface area contributed by atoms with Gasteiger partial charge in [0, 0.05) is 12.8 Å². The molecule has 1 rings (SSSR count). The summed E-state index contributed by atoms with van der Waals surface area (Å²) in [6, 6.07) is 0. The van der Waals surface area contributed by atoms with E-state index in [9.17, 15) is 9.90 Å². The summed E-state index contributed by atoms with van der Waals surface area (Å²) < 4.78 is 9.40. The molecular formula is C6H9O4. The zero-order valence-electron chi connectivity index (χ0n) is 5.54. The van der Waals surface area contributed by atoms with E-state index in [1.807, 2.05) is 0 Å². The molecule has 1 heterocycles. The molecule has 1 fully saturated rings. The van der Waals surface area contributed by atoms with Crippen LogP contribution in [0.5, 0.6) is 0 Å². The minimum atomic E-state index is -1.44. The molecular weight excluding hydrogens is 136 g/mol. The predicted octanol–water partition coefficient (Wildman–Crippen LogP) is 0.733. The van der Waals surface area contributed by atoms with Crippen LogP contribution in [-0.2, 0) is 14.6 Å². The molecule has 0 unspecified atom stereocenters. The van der Waals surface area contributed by atoms with Crippen LogP contribution in [0.15, 0.2) is 0 Å². The molecule has 0 saturated carbocycles. The summed E-state index contributed by atoms with van der Waals surface area (Å²) >= 11 is 0. The molecule has 10 heavy (non-hydrogen) atoms. The zero-order chi connectivity index (χ0) is 7.40. The lowest BCUT2D eigenvalue weighted by Gasteiger charge is -2.19. The van der Waals surface area contributed by atoms with E-state index in [1.54, 1.807) is 0 Å². The highest BCUT2D eigenvalue weighted by Gasteiger charge is 2.17. The molecule has 0 spiro atoms. The third-order valence-electron chi connectivity index (χ3n) is 1.43. The van der Waals surface area contributed by atoms with E-state index in [1.165, 1.54) is 0 Å². The third-order valence-corrected chi connectivity index (χ3v) is 1.43. The van der Waals surface area contributed by atoms with Crippen LogP contribution < -0.4 is 0 Å². The van der Waals surface area contributed by atoms with E-state index >= 15 is 0 Å². The normalized spacial score (nSPS) is 20.4. The van der Waals surface area contributed by atoms with Crippen LogP contribution in [0.4, 0.5) is 4.79 Å². The Balaban J connectivity index is 2.19. The van der Waals surface area contributed by atoms with Crippen molar-refractivity contribution in [3.8, 4) is 0 Å². The maximum atomic E-state index is 9.89. The first-order valence-electron chi connectivity index (χ1n) is 3.24. The van der Waals surface area contributed by atoms with Crippen molar-refractivity contribution in [1.82, 2.24) is 0 Å². The maximum Gasteiger partial charge on any atom is 0.550 e. The monoisotopic (exact) mass is 145 g/mol. The number of hydrogen-bond acceptors (Lipinski definition) is 3. The van der Waals surface area contributed by atoms with E-state index in [4.69, 9.17) is 4.74 Å². The van der Waals surface area contributed by atoms with Crippen LogP contribution in [0.3, 0.4) is 0 Å². The number of carbonyl (C=O) groups is 1. The van der Waals surface area contributed by atoms with Gasteiger partial charge in [0.05, 0.1) is 13.2 Å². The van der Waals surface area contributed by atoms with Gasteiger partial charge in [0.2, 0.25) is 0 Å². The molecule has 4 heteroatoms. The van der Waals surface area contributed by atoms with Crippen LogP contribution in [0.1, 0.15) is 12.8 Å². The molecule has 0 bridgehead atoms. The van der Waals surface area contributed by atoms with Gasteiger partial charge in [0.1, 0.15) is 6.10 Å². The quantitative estimate of drug-likeness (QED) is 0.511. The topological polar surface area (TPSA) is 55.4 Å². The summed E-state index contributed by atoms with van der Waals surface area (Å²) in [5.74, 6) is 0. The molecule has 0 aliphatic carbocycles. The second kappa shape index (κ2) is 3.41. The molecule has 4 nitrogen and oxygen atoms in total. The highest BCUT2D eigenvalue weighted by atomic mass is 16.7. The Morgan fingerprint density at radius 3 is 2.50 bits per heavy atom. The van der Waals surface area contributed by atoms with Gasteiger partial charge in [0.15, 0.2) is 0 Å². The van der Waals surface area contributed by atoms with E-state index < -0.39 is 6.16 Å². The molecule has 1 aliphatic rings. The SMILES string of the molecule is [O]C(=O)OC1CCOCC1. The zero-order valence-corrected chi connectivity index (χ0v) is 5.54. The lowest BCUT2D eigenvalue weighted by Crippen LogP contribution is -2.24. The van der Waals surface area contributed by atoms with Crippen molar-refractivity contribution in [1.29, 1.82) is 0 Å². The maximum absolute atomic E-state index is 9.89. The van der Waals surface area contributed by atoms with Crippen molar-refractivity contribution in [3.63, 3.8) is 0 Å². The molecule has 1 radical (unpaired) electrons. The first-order valence-corrected chi connectivity index (χ1v) is 3.24. The average molecular weight is 145 g/mol. The third kappa shape index (κ3) is 2.23. The Morgan fingerprint density at radius 2 is 2.00 bits per heavy atom. The molecule has 0 aromatic heterocycles. The largest absolute Gasteiger partial charge is 0.550 e. The first-order chi connectivity index (χ1) is 4.79. The van der Waals surface area contributed by atoms with E-state index in [2.05, 4.69) is 4.74 Å². The van der Waals surface area contributed by atoms with Crippen LogP contribution in [-0.4, -0.2) is 25.5 Å². The first kappa shape index (κ1) is 7.34. The second-order valence-corrected chi connectivity index (χ2v) is 2.18. The molecule has 57 valence electrons. The Hall–Kier alpha value is -0.770. The fourth-order valence-electron chi connectivity index (χ4n) is 0.930. The Morgan fingerprint density at radius 1 is 1.40 bits per heavy atom. The van der Waals surface area contributed by atoms with Gasteiger partial charge in [-0.25, -0.2) is 0 Å². The van der Waals surface area contributed by atoms with E-state index in [0.29, 0.717) is 26.1 Å². The van der Waals surface area contributed by atoms with Crippen LogP contribution in [0.25, 0.3) is 0 Å². The van der Waals surface area contributed by atoms with E-state index in [0.717, 1.165) is 0 Å². The molecule has 0 aromatic carbocycles. The number of hydrogen-bond donors (Lipinski definition) is 0. The van der Waals surface area contributed by atoms with Crippen LogP contribution >= 0.6 is 0 Å². The molecule has 0 atom stereocenters. The average Bonchev–Trinajstić information content (AvgIpc) is 1.88. The fraction of sp³-hybridized carbons (Fsp3) is 0.833. The second-order valence-electron chi connectivity index (χ2n) is 2.18. The van der Waals surface area contributed by atoms with Gasteiger partial charge < -0.3 is 9.47 Å². The van der Waals surface area contributed by atoms with Gasteiger partial charge in [-0.1, -0.05) is 0 Å². The number of rotatable bonds is 1. The summed E-state index contributed by atoms with van der Waals surface area (Å²) in [5, 5.41) is 9.89. The highest BCUT2D eigenvalue weighted by Crippen LogP contribution is 2.10. The lowest BCUT2D eigenvalue weighted by molar-refractivity contribution is -0.0245.